The van der Waals surface area contributed by atoms with Crippen molar-refractivity contribution in [1.29, 1.82) is 0 Å². The lowest BCUT2D eigenvalue weighted by Gasteiger charge is -2.23. The van der Waals surface area contributed by atoms with Crippen LogP contribution in [0.1, 0.15) is 58.2 Å². The minimum atomic E-state index is -0.937. The Bertz CT molecular complexity index is 684. The molecule has 2 rings (SSSR count). The summed E-state index contributed by atoms with van der Waals surface area (Å²) in [6, 6.07) is 7.33. The fourth-order valence-corrected chi connectivity index (χ4v) is 3.40. The molecule has 0 saturated carbocycles. The van der Waals surface area contributed by atoms with E-state index in [9.17, 15) is 14.4 Å². The van der Waals surface area contributed by atoms with Crippen LogP contribution < -0.4 is 10.6 Å². The molecule has 1 aromatic carbocycles. The molecule has 1 saturated heterocycles. The van der Waals surface area contributed by atoms with E-state index in [0.29, 0.717) is 6.42 Å². The van der Waals surface area contributed by atoms with Crippen molar-refractivity contribution < 1.29 is 14.4 Å². The van der Waals surface area contributed by atoms with Gasteiger partial charge in [0.2, 0.25) is 5.91 Å². The van der Waals surface area contributed by atoms with Crippen LogP contribution in [0.15, 0.2) is 24.3 Å². The lowest BCUT2D eigenvalue weighted by Crippen LogP contribution is -2.46. The van der Waals surface area contributed by atoms with Crippen molar-refractivity contribution >= 4 is 17.8 Å². The van der Waals surface area contributed by atoms with E-state index in [1.807, 2.05) is 45.0 Å². The first kappa shape index (κ1) is 19.9. The molecule has 4 amide bonds. The van der Waals surface area contributed by atoms with Crippen molar-refractivity contribution in [2.24, 2.45) is 5.92 Å². The van der Waals surface area contributed by atoms with Crippen molar-refractivity contribution in [3.63, 3.8) is 0 Å². The molecule has 2 atom stereocenters. The number of imide groups is 1. The van der Waals surface area contributed by atoms with E-state index in [1.165, 1.54) is 5.56 Å². The predicted octanol–water partition coefficient (Wildman–Crippen LogP) is 2.78. The molecule has 1 fully saturated rings. The third kappa shape index (κ3) is 4.42. The third-order valence-corrected chi connectivity index (χ3v) is 4.73. The van der Waals surface area contributed by atoms with E-state index in [0.717, 1.165) is 16.9 Å². The summed E-state index contributed by atoms with van der Waals surface area (Å²) in [6.07, 6.45) is 1.50. The number of amides is 4. The normalized spacial score (nSPS) is 21.1. The minimum Gasteiger partial charge on any atom is -0.348 e. The van der Waals surface area contributed by atoms with Crippen LogP contribution in [0.3, 0.4) is 0 Å². The Morgan fingerprint density at radius 1 is 1.19 bits per heavy atom. The molecule has 26 heavy (non-hydrogen) atoms. The van der Waals surface area contributed by atoms with Gasteiger partial charge < -0.3 is 10.6 Å². The Kier molecular flexibility index (Phi) is 6.05. The summed E-state index contributed by atoms with van der Waals surface area (Å²) < 4.78 is 0. The monoisotopic (exact) mass is 359 g/mol. The lowest BCUT2D eigenvalue weighted by atomic mass is 9.91. The Morgan fingerprint density at radius 3 is 2.35 bits per heavy atom. The topological polar surface area (TPSA) is 78.5 Å². The molecule has 0 radical (unpaired) electrons. The number of benzene rings is 1. The van der Waals surface area contributed by atoms with Crippen LogP contribution in [0.2, 0.25) is 0 Å². The molecule has 6 nitrogen and oxygen atoms in total. The van der Waals surface area contributed by atoms with Crippen molar-refractivity contribution in [3.05, 3.63) is 35.4 Å². The number of rotatable bonds is 7. The number of nitrogens with one attached hydrogen (secondary N) is 2. The number of carbonyl (C=O) groups excluding carboxylic acids is 3. The summed E-state index contributed by atoms with van der Waals surface area (Å²) in [4.78, 5) is 38.1. The van der Waals surface area contributed by atoms with Gasteiger partial charge in [-0.3, -0.25) is 14.5 Å². The van der Waals surface area contributed by atoms with Gasteiger partial charge in [0.15, 0.2) is 0 Å². The fraction of sp³-hybridized carbons (Fsp3) is 0.550. The standard InChI is InChI=1S/C20H29N3O3/c1-6-15-7-9-16(10-8-15)14(4)21-17(24)12-23-18(25)20(5,11-13(2)3)22-19(23)26/h7-10,13-14H,6,11-12H2,1-5H3,(H,21,24)(H,22,26). The molecule has 2 unspecified atom stereocenters. The van der Waals surface area contributed by atoms with Crippen LogP contribution in [0.5, 0.6) is 0 Å². The van der Waals surface area contributed by atoms with Crippen LogP contribution in [0.4, 0.5) is 4.79 Å². The molecule has 1 aromatic rings. The molecule has 0 spiro atoms. The zero-order valence-electron chi connectivity index (χ0n) is 16.3. The van der Waals surface area contributed by atoms with Gasteiger partial charge in [0, 0.05) is 0 Å². The highest BCUT2D eigenvalue weighted by atomic mass is 16.2. The summed E-state index contributed by atoms with van der Waals surface area (Å²) >= 11 is 0. The fourth-order valence-electron chi connectivity index (χ4n) is 3.40. The SMILES string of the molecule is CCc1ccc(C(C)NC(=O)CN2C(=O)NC(C)(CC(C)C)C2=O)cc1. The summed E-state index contributed by atoms with van der Waals surface area (Å²) in [5, 5.41) is 5.58. The Morgan fingerprint density at radius 2 is 1.81 bits per heavy atom. The predicted molar refractivity (Wildman–Crippen MR) is 100 cm³/mol. The van der Waals surface area contributed by atoms with Crippen LogP contribution in [0.25, 0.3) is 0 Å². The van der Waals surface area contributed by atoms with Crippen molar-refractivity contribution in [2.45, 2.75) is 59.0 Å². The molecule has 1 aliphatic heterocycles. The van der Waals surface area contributed by atoms with Gasteiger partial charge in [0.05, 0.1) is 6.04 Å². The van der Waals surface area contributed by atoms with Crippen LogP contribution in [-0.2, 0) is 16.0 Å². The molecule has 0 aliphatic carbocycles. The maximum atomic E-state index is 12.6. The van der Waals surface area contributed by atoms with Crippen LogP contribution in [-0.4, -0.2) is 34.8 Å². The van der Waals surface area contributed by atoms with Crippen molar-refractivity contribution in [2.75, 3.05) is 6.54 Å². The number of aryl methyl sites for hydroxylation is 1. The molecule has 1 aliphatic rings. The van der Waals surface area contributed by atoms with Gasteiger partial charge in [-0.25, -0.2) is 4.79 Å². The number of carbonyl (C=O) groups is 3. The summed E-state index contributed by atoms with van der Waals surface area (Å²) in [5.74, 6) is -0.440. The maximum Gasteiger partial charge on any atom is 0.325 e. The third-order valence-electron chi connectivity index (χ3n) is 4.73. The van der Waals surface area contributed by atoms with Crippen molar-refractivity contribution in [3.8, 4) is 0 Å². The van der Waals surface area contributed by atoms with Gasteiger partial charge in [0.1, 0.15) is 12.1 Å². The minimum absolute atomic E-state index is 0.198. The zero-order chi connectivity index (χ0) is 19.5. The van der Waals surface area contributed by atoms with E-state index in [2.05, 4.69) is 17.6 Å². The van der Waals surface area contributed by atoms with Gasteiger partial charge in [-0.15, -0.1) is 0 Å². The van der Waals surface area contributed by atoms with Gasteiger partial charge >= 0.3 is 6.03 Å². The van der Waals surface area contributed by atoms with E-state index in [1.54, 1.807) is 6.92 Å². The van der Waals surface area contributed by atoms with Crippen LogP contribution in [0, 0.1) is 5.92 Å². The molecule has 0 aromatic heterocycles. The zero-order valence-corrected chi connectivity index (χ0v) is 16.3. The van der Waals surface area contributed by atoms with Gasteiger partial charge in [0.25, 0.3) is 5.91 Å². The van der Waals surface area contributed by atoms with Gasteiger partial charge in [-0.05, 0) is 43.7 Å². The highest BCUT2D eigenvalue weighted by Crippen LogP contribution is 2.24. The number of hydrogen-bond donors (Lipinski definition) is 2. The lowest BCUT2D eigenvalue weighted by molar-refractivity contribution is -0.135. The van der Waals surface area contributed by atoms with Gasteiger partial charge in [-0.2, -0.15) is 0 Å². The average molecular weight is 359 g/mol. The Hall–Kier alpha value is -2.37. The first-order chi connectivity index (χ1) is 12.2. The molecule has 6 heteroatoms. The smallest absolute Gasteiger partial charge is 0.325 e. The highest BCUT2D eigenvalue weighted by molar-refractivity contribution is 6.08. The maximum absolute atomic E-state index is 12.6. The first-order valence-corrected chi connectivity index (χ1v) is 9.18. The second kappa shape index (κ2) is 7.89. The second-order valence-corrected chi connectivity index (χ2v) is 7.64. The summed E-state index contributed by atoms with van der Waals surface area (Å²) in [6.45, 7) is 9.40. The Labute approximate surface area is 155 Å². The molecule has 142 valence electrons. The summed E-state index contributed by atoms with van der Waals surface area (Å²) in [7, 11) is 0. The molecule has 0 bridgehead atoms. The number of nitrogens with zero attached hydrogens (tertiary/aromatic N) is 1. The Balaban J connectivity index is 1.98. The van der Waals surface area contributed by atoms with E-state index < -0.39 is 11.6 Å². The van der Waals surface area contributed by atoms with E-state index in [-0.39, 0.29) is 30.3 Å². The largest absolute Gasteiger partial charge is 0.348 e. The van der Waals surface area contributed by atoms with Crippen LogP contribution >= 0.6 is 0 Å². The van der Waals surface area contributed by atoms with Crippen molar-refractivity contribution in [1.82, 2.24) is 15.5 Å². The average Bonchev–Trinajstić information content (AvgIpc) is 2.77. The molecular formula is C20H29N3O3. The summed E-state index contributed by atoms with van der Waals surface area (Å²) in [5.41, 5.74) is 1.28. The van der Waals surface area contributed by atoms with E-state index in [4.69, 9.17) is 0 Å². The number of hydrogen-bond acceptors (Lipinski definition) is 3. The van der Waals surface area contributed by atoms with Gasteiger partial charge in [-0.1, -0.05) is 45.0 Å². The molecule has 2 N–H and O–H groups in total. The van der Waals surface area contributed by atoms with E-state index >= 15 is 0 Å². The molecular weight excluding hydrogens is 330 g/mol. The quantitative estimate of drug-likeness (QED) is 0.735. The molecule has 1 heterocycles. The highest BCUT2D eigenvalue weighted by Gasteiger charge is 2.48. The first-order valence-electron chi connectivity index (χ1n) is 9.18. The second-order valence-electron chi connectivity index (χ2n) is 7.64. The number of urea groups is 1.